The summed E-state index contributed by atoms with van der Waals surface area (Å²) >= 11 is 1.54. The van der Waals surface area contributed by atoms with Crippen LogP contribution >= 0.6 is 11.3 Å². The molecule has 0 atom stereocenters. The van der Waals surface area contributed by atoms with E-state index >= 15 is 0 Å². The summed E-state index contributed by atoms with van der Waals surface area (Å²) in [6.07, 6.45) is 3.33. The minimum atomic E-state index is -0.153. The zero-order chi connectivity index (χ0) is 15.7. The third kappa shape index (κ3) is 2.85. The van der Waals surface area contributed by atoms with E-state index in [1.807, 2.05) is 36.9 Å². The molecule has 1 amide bonds. The number of fused-ring (bicyclic) bond motifs is 1. The molecule has 0 fully saturated rings. The SMILES string of the molecule is Cc1csc(CNC(=O)c2cnc3c(cnn3C(C)C)c2)n1. The second-order valence-electron chi connectivity index (χ2n) is 5.39. The van der Waals surface area contributed by atoms with E-state index in [1.165, 1.54) is 0 Å². The molecular formula is C15H17N5OS. The number of carbonyl (C=O) groups is 1. The van der Waals surface area contributed by atoms with Gasteiger partial charge in [-0.2, -0.15) is 5.10 Å². The summed E-state index contributed by atoms with van der Waals surface area (Å²) in [4.78, 5) is 20.9. The molecule has 0 aliphatic rings. The number of nitrogens with zero attached hydrogens (tertiary/aromatic N) is 4. The van der Waals surface area contributed by atoms with Crippen LogP contribution in [0.4, 0.5) is 0 Å². The monoisotopic (exact) mass is 315 g/mol. The summed E-state index contributed by atoms with van der Waals surface area (Å²) in [5.41, 5.74) is 2.30. The van der Waals surface area contributed by atoms with Gasteiger partial charge in [0.2, 0.25) is 0 Å². The normalized spacial score (nSPS) is 11.3. The Labute approximate surface area is 132 Å². The van der Waals surface area contributed by atoms with E-state index in [2.05, 4.69) is 20.4 Å². The Morgan fingerprint density at radius 1 is 1.41 bits per heavy atom. The Bertz CT molecular complexity index is 820. The van der Waals surface area contributed by atoms with E-state index in [0.717, 1.165) is 21.7 Å². The molecule has 0 bridgehead atoms. The average Bonchev–Trinajstić information content (AvgIpc) is 3.09. The van der Waals surface area contributed by atoms with Gasteiger partial charge in [-0.1, -0.05) is 0 Å². The van der Waals surface area contributed by atoms with Crippen molar-refractivity contribution in [3.05, 3.63) is 40.1 Å². The third-order valence-electron chi connectivity index (χ3n) is 3.25. The van der Waals surface area contributed by atoms with Crippen molar-refractivity contribution in [1.82, 2.24) is 25.1 Å². The zero-order valence-electron chi connectivity index (χ0n) is 12.7. The number of aryl methyl sites for hydroxylation is 1. The Balaban J connectivity index is 1.76. The molecule has 22 heavy (non-hydrogen) atoms. The molecule has 0 unspecified atom stereocenters. The van der Waals surface area contributed by atoms with Crippen LogP contribution in [-0.4, -0.2) is 25.7 Å². The van der Waals surface area contributed by atoms with Crippen molar-refractivity contribution >= 4 is 28.3 Å². The molecule has 114 valence electrons. The maximum atomic E-state index is 12.2. The number of hydrogen-bond acceptors (Lipinski definition) is 5. The van der Waals surface area contributed by atoms with E-state index < -0.39 is 0 Å². The highest BCUT2D eigenvalue weighted by Crippen LogP contribution is 2.16. The third-order valence-corrected chi connectivity index (χ3v) is 4.22. The molecule has 0 aliphatic carbocycles. The van der Waals surface area contributed by atoms with Gasteiger partial charge < -0.3 is 5.32 Å². The van der Waals surface area contributed by atoms with Crippen molar-refractivity contribution in [3.8, 4) is 0 Å². The van der Waals surface area contributed by atoms with Crippen LogP contribution in [0.1, 0.15) is 40.9 Å². The molecule has 0 saturated heterocycles. The predicted molar refractivity (Wildman–Crippen MR) is 85.9 cm³/mol. The lowest BCUT2D eigenvalue weighted by molar-refractivity contribution is 0.0950. The van der Waals surface area contributed by atoms with Crippen molar-refractivity contribution in [2.24, 2.45) is 0 Å². The highest BCUT2D eigenvalue weighted by atomic mass is 32.1. The standard InChI is InChI=1S/C15H17N5OS/c1-9(2)20-14-11(6-18-20)4-12(5-16-14)15(21)17-7-13-19-10(3)8-22-13/h4-6,8-9H,7H2,1-3H3,(H,17,21). The van der Waals surface area contributed by atoms with Crippen molar-refractivity contribution in [1.29, 1.82) is 0 Å². The number of pyridine rings is 1. The van der Waals surface area contributed by atoms with Crippen LogP contribution in [0.2, 0.25) is 0 Å². The van der Waals surface area contributed by atoms with E-state index in [-0.39, 0.29) is 11.9 Å². The molecule has 1 N–H and O–H groups in total. The van der Waals surface area contributed by atoms with Gasteiger partial charge in [0.05, 0.1) is 18.3 Å². The van der Waals surface area contributed by atoms with E-state index in [4.69, 9.17) is 0 Å². The highest BCUT2D eigenvalue weighted by Gasteiger charge is 2.12. The van der Waals surface area contributed by atoms with Gasteiger partial charge in [0.25, 0.3) is 5.91 Å². The molecule has 3 rings (SSSR count). The van der Waals surface area contributed by atoms with Crippen LogP contribution in [0.3, 0.4) is 0 Å². The first-order valence-corrected chi connectivity index (χ1v) is 7.95. The van der Waals surface area contributed by atoms with E-state index in [0.29, 0.717) is 12.1 Å². The number of rotatable bonds is 4. The molecule has 0 saturated carbocycles. The van der Waals surface area contributed by atoms with Crippen molar-refractivity contribution < 1.29 is 4.79 Å². The molecule has 0 aromatic carbocycles. The van der Waals surface area contributed by atoms with E-state index in [9.17, 15) is 4.79 Å². The lowest BCUT2D eigenvalue weighted by Gasteiger charge is -2.06. The quantitative estimate of drug-likeness (QED) is 0.803. The predicted octanol–water partition coefficient (Wildman–Crippen LogP) is 2.71. The Morgan fingerprint density at radius 2 is 2.23 bits per heavy atom. The van der Waals surface area contributed by atoms with Gasteiger partial charge in [-0.15, -0.1) is 11.3 Å². The zero-order valence-corrected chi connectivity index (χ0v) is 13.5. The first-order valence-electron chi connectivity index (χ1n) is 7.07. The maximum absolute atomic E-state index is 12.2. The Hall–Kier alpha value is -2.28. The Morgan fingerprint density at radius 3 is 2.91 bits per heavy atom. The Kier molecular flexibility index (Phi) is 3.89. The summed E-state index contributed by atoms with van der Waals surface area (Å²) in [6, 6.07) is 2.05. The average molecular weight is 315 g/mol. The van der Waals surface area contributed by atoms with E-state index in [1.54, 1.807) is 23.7 Å². The van der Waals surface area contributed by atoms with Crippen LogP contribution < -0.4 is 5.32 Å². The molecule has 3 aromatic heterocycles. The first-order chi connectivity index (χ1) is 10.5. The largest absolute Gasteiger partial charge is 0.345 e. The first kappa shape index (κ1) is 14.6. The van der Waals surface area contributed by atoms with Gasteiger partial charge in [-0.3, -0.25) is 4.79 Å². The molecule has 0 radical (unpaired) electrons. The van der Waals surface area contributed by atoms with Crippen LogP contribution in [0.5, 0.6) is 0 Å². The number of carbonyl (C=O) groups excluding carboxylic acids is 1. The fourth-order valence-corrected chi connectivity index (χ4v) is 2.90. The van der Waals surface area contributed by atoms with Crippen molar-refractivity contribution in [2.75, 3.05) is 0 Å². The fourth-order valence-electron chi connectivity index (χ4n) is 2.18. The molecular weight excluding hydrogens is 298 g/mol. The van der Waals surface area contributed by atoms with Gasteiger partial charge in [-0.05, 0) is 26.8 Å². The summed E-state index contributed by atoms with van der Waals surface area (Å²) in [7, 11) is 0. The molecule has 0 aliphatic heterocycles. The summed E-state index contributed by atoms with van der Waals surface area (Å²) < 4.78 is 1.84. The van der Waals surface area contributed by atoms with Crippen LogP contribution in [0.25, 0.3) is 11.0 Å². The van der Waals surface area contributed by atoms with Crippen LogP contribution in [0.15, 0.2) is 23.8 Å². The smallest absolute Gasteiger partial charge is 0.253 e. The number of amides is 1. The molecule has 0 spiro atoms. The number of aromatic nitrogens is 4. The van der Waals surface area contributed by atoms with Crippen molar-refractivity contribution in [3.63, 3.8) is 0 Å². The molecule has 3 aromatic rings. The maximum Gasteiger partial charge on any atom is 0.253 e. The summed E-state index contributed by atoms with van der Waals surface area (Å²) in [5, 5.41) is 10.9. The summed E-state index contributed by atoms with van der Waals surface area (Å²) in [5.74, 6) is -0.153. The second kappa shape index (κ2) is 5.84. The lowest BCUT2D eigenvalue weighted by atomic mass is 10.2. The second-order valence-corrected chi connectivity index (χ2v) is 6.33. The van der Waals surface area contributed by atoms with Gasteiger partial charge >= 0.3 is 0 Å². The summed E-state index contributed by atoms with van der Waals surface area (Å²) in [6.45, 7) is 6.46. The molecule has 3 heterocycles. The number of thiazole rings is 1. The number of nitrogens with one attached hydrogen (secondary N) is 1. The van der Waals surface area contributed by atoms with Crippen LogP contribution in [0, 0.1) is 6.92 Å². The number of hydrogen-bond donors (Lipinski definition) is 1. The van der Waals surface area contributed by atoms with Crippen LogP contribution in [-0.2, 0) is 6.54 Å². The van der Waals surface area contributed by atoms with Gasteiger partial charge in [-0.25, -0.2) is 14.6 Å². The minimum Gasteiger partial charge on any atom is -0.345 e. The highest BCUT2D eigenvalue weighted by molar-refractivity contribution is 7.09. The lowest BCUT2D eigenvalue weighted by Crippen LogP contribution is -2.22. The fraction of sp³-hybridized carbons (Fsp3) is 0.333. The van der Waals surface area contributed by atoms with Gasteiger partial charge in [0.1, 0.15) is 5.01 Å². The minimum absolute atomic E-state index is 0.153. The van der Waals surface area contributed by atoms with Crippen molar-refractivity contribution in [2.45, 2.75) is 33.4 Å². The molecule has 6 nitrogen and oxygen atoms in total. The molecule has 7 heteroatoms. The van der Waals surface area contributed by atoms with Gasteiger partial charge in [0, 0.05) is 28.7 Å². The topological polar surface area (TPSA) is 72.7 Å². The van der Waals surface area contributed by atoms with Gasteiger partial charge in [0.15, 0.2) is 5.65 Å².